The quantitative estimate of drug-likeness (QED) is 0.780. The second kappa shape index (κ2) is 4.49. The zero-order chi connectivity index (χ0) is 11.5. The van der Waals surface area contributed by atoms with Gasteiger partial charge >= 0.3 is 0 Å². The average Bonchev–Trinajstić information content (AvgIpc) is 2.78. The van der Waals surface area contributed by atoms with E-state index in [0.717, 1.165) is 16.9 Å². The van der Waals surface area contributed by atoms with Gasteiger partial charge in [0.2, 0.25) is 0 Å². The lowest BCUT2D eigenvalue weighted by molar-refractivity contribution is -0.113. The second-order valence-electron chi connectivity index (χ2n) is 3.75. The highest BCUT2D eigenvalue weighted by Gasteiger charge is 2.20. The minimum atomic E-state index is -0.107. The monoisotopic (exact) mass is 218 g/mol. The minimum Gasteiger partial charge on any atom is -0.497 e. The van der Waals surface area contributed by atoms with Gasteiger partial charge in [0.15, 0.2) is 5.78 Å². The van der Waals surface area contributed by atoms with Gasteiger partial charge in [0.25, 0.3) is 0 Å². The number of ketones is 1. The van der Waals surface area contributed by atoms with E-state index in [1.807, 2.05) is 30.3 Å². The number of rotatable bonds is 3. The molecule has 1 unspecified atom stereocenters. The molecule has 1 aliphatic heterocycles. The maximum absolute atomic E-state index is 11.2. The lowest BCUT2D eigenvalue weighted by atomic mass is 10.1. The van der Waals surface area contributed by atoms with Crippen LogP contribution in [0.5, 0.6) is 5.75 Å². The Balaban J connectivity index is 2.17. The molecule has 2 rings (SSSR count). The van der Waals surface area contributed by atoms with Crippen molar-refractivity contribution in [2.24, 2.45) is 0 Å². The van der Waals surface area contributed by atoms with Crippen LogP contribution < -0.4 is 4.74 Å². The molecule has 84 valence electrons. The molecular formula is C13H14O3. The first-order valence-electron chi connectivity index (χ1n) is 5.18. The van der Waals surface area contributed by atoms with E-state index < -0.39 is 0 Å². The fraction of sp³-hybridized carbons (Fsp3) is 0.308. The third-order valence-electron chi connectivity index (χ3n) is 2.67. The Labute approximate surface area is 94.7 Å². The summed E-state index contributed by atoms with van der Waals surface area (Å²) >= 11 is 0. The van der Waals surface area contributed by atoms with Crippen LogP contribution in [0.25, 0.3) is 0 Å². The van der Waals surface area contributed by atoms with Gasteiger partial charge in [-0.05, 0) is 30.7 Å². The van der Waals surface area contributed by atoms with Gasteiger partial charge in [-0.1, -0.05) is 12.1 Å². The van der Waals surface area contributed by atoms with E-state index in [4.69, 9.17) is 9.47 Å². The fourth-order valence-corrected chi connectivity index (χ4v) is 1.66. The molecule has 0 saturated heterocycles. The number of benzene rings is 1. The molecule has 0 aliphatic carbocycles. The SMILES string of the molecule is COc1ccc(C2C=C(C(C)=O)CO2)cc1. The molecule has 1 aromatic rings. The molecular weight excluding hydrogens is 204 g/mol. The summed E-state index contributed by atoms with van der Waals surface area (Å²) in [5.41, 5.74) is 1.79. The number of hydrogen-bond acceptors (Lipinski definition) is 3. The standard InChI is InChI=1S/C13H14O3/c1-9(14)11-7-13(16-8-11)10-3-5-12(15-2)6-4-10/h3-7,13H,8H2,1-2H3. The number of Topliss-reactive ketones (excluding diaryl/α,β-unsaturated/α-hetero) is 1. The molecule has 0 bridgehead atoms. The van der Waals surface area contributed by atoms with E-state index in [0.29, 0.717) is 6.61 Å². The smallest absolute Gasteiger partial charge is 0.157 e. The lowest BCUT2D eigenvalue weighted by Crippen LogP contribution is -1.98. The summed E-state index contributed by atoms with van der Waals surface area (Å²) in [5.74, 6) is 0.897. The Morgan fingerprint density at radius 3 is 2.56 bits per heavy atom. The van der Waals surface area contributed by atoms with Crippen LogP contribution in [-0.2, 0) is 9.53 Å². The summed E-state index contributed by atoms with van der Waals surface area (Å²) in [6.07, 6.45) is 1.77. The number of hydrogen-bond donors (Lipinski definition) is 0. The molecule has 3 heteroatoms. The third-order valence-corrected chi connectivity index (χ3v) is 2.67. The number of carbonyl (C=O) groups is 1. The van der Waals surface area contributed by atoms with Crippen LogP contribution in [0.1, 0.15) is 18.6 Å². The Morgan fingerprint density at radius 2 is 2.06 bits per heavy atom. The topological polar surface area (TPSA) is 35.5 Å². The molecule has 0 aromatic heterocycles. The molecule has 0 radical (unpaired) electrons. The van der Waals surface area contributed by atoms with Gasteiger partial charge in [-0.15, -0.1) is 0 Å². The predicted molar refractivity (Wildman–Crippen MR) is 60.5 cm³/mol. The Bertz CT molecular complexity index is 417. The van der Waals surface area contributed by atoms with Crippen LogP contribution in [0.4, 0.5) is 0 Å². The molecule has 0 amide bonds. The van der Waals surface area contributed by atoms with Crippen LogP contribution in [-0.4, -0.2) is 19.5 Å². The van der Waals surface area contributed by atoms with E-state index in [-0.39, 0.29) is 11.9 Å². The highest BCUT2D eigenvalue weighted by atomic mass is 16.5. The van der Waals surface area contributed by atoms with Gasteiger partial charge in [-0.3, -0.25) is 4.79 Å². The molecule has 1 aliphatic rings. The Hall–Kier alpha value is -1.61. The molecule has 1 atom stereocenters. The van der Waals surface area contributed by atoms with Crippen molar-refractivity contribution in [2.75, 3.05) is 13.7 Å². The molecule has 0 saturated carbocycles. The van der Waals surface area contributed by atoms with Gasteiger partial charge in [-0.25, -0.2) is 0 Å². The van der Waals surface area contributed by atoms with Crippen molar-refractivity contribution in [3.05, 3.63) is 41.5 Å². The van der Waals surface area contributed by atoms with Crippen molar-refractivity contribution in [2.45, 2.75) is 13.0 Å². The number of ether oxygens (including phenoxy) is 2. The largest absolute Gasteiger partial charge is 0.497 e. The summed E-state index contributed by atoms with van der Waals surface area (Å²) in [6.45, 7) is 1.97. The highest BCUT2D eigenvalue weighted by Crippen LogP contribution is 2.28. The van der Waals surface area contributed by atoms with E-state index >= 15 is 0 Å². The summed E-state index contributed by atoms with van der Waals surface area (Å²) in [6, 6.07) is 7.67. The number of carbonyl (C=O) groups excluding carboxylic acids is 1. The minimum absolute atomic E-state index is 0.0796. The van der Waals surface area contributed by atoms with Crippen molar-refractivity contribution in [1.82, 2.24) is 0 Å². The molecule has 16 heavy (non-hydrogen) atoms. The van der Waals surface area contributed by atoms with Gasteiger partial charge in [0, 0.05) is 5.57 Å². The van der Waals surface area contributed by atoms with Crippen molar-refractivity contribution in [1.29, 1.82) is 0 Å². The van der Waals surface area contributed by atoms with Gasteiger partial charge in [0.1, 0.15) is 11.9 Å². The third kappa shape index (κ3) is 2.14. The Kier molecular flexibility index (Phi) is 3.06. The molecule has 0 fully saturated rings. The lowest BCUT2D eigenvalue weighted by Gasteiger charge is -2.08. The average molecular weight is 218 g/mol. The van der Waals surface area contributed by atoms with Crippen LogP contribution in [0, 0.1) is 0 Å². The highest BCUT2D eigenvalue weighted by molar-refractivity contribution is 5.94. The van der Waals surface area contributed by atoms with Gasteiger partial charge < -0.3 is 9.47 Å². The van der Waals surface area contributed by atoms with E-state index in [9.17, 15) is 4.79 Å². The van der Waals surface area contributed by atoms with Crippen molar-refractivity contribution < 1.29 is 14.3 Å². The summed E-state index contributed by atoms with van der Waals surface area (Å²) in [4.78, 5) is 11.2. The molecule has 0 N–H and O–H groups in total. The van der Waals surface area contributed by atoms with E-state index in [1.54, 1.807) is 14.0 Å². The van der Waals surface area contributed by atoms with Crippen LogP contribution in [0.15, 0.2) is 35.9 Å². The zero-order valence-electron chi connectivity index (χ0n) is 9.40. The summed E-state index contributed by atoms with van der Waals surface area (Å²) in [5, 5.41) is 0. The van der Waals surface area contributed by atoms with Gasteiger partial charge in [-0.2, -0.15) is 0 Å². The van der Waals surface area contributed by atoms with Gasteiger partial charge in [0.05, 0.1) is 13.7 Å². The van der Waals surface area contributed by atoms with E-state index in [1.165, 1.54) is 0 Å². The van der Waals surface area contributed by atoms with Crippen LogP contribution in [0.2, 0.25) is 0 Å². The second-order valence-corrected chi connectivity index (χ2v) is 3.75. The van der Waals surface area contributed by atoms with E-state index in [2.05, 4.69) is 0 Å². The molecule has 1 heterocycles. The molecule has 0 spiro atoms. The fourth-order valence-electron chi connectivity index (χ4n) is 1.66. The predicted octanol–water partition coefficient (Wildman–Crippen LogP) is 2.28. The maximum Gasteiger partial charge on any atom is 0.157 e. The van der Waals surface area contributed by atoms with Crippen LogP contribution in [0.3, 0.4) is 0 Å². The zero-order valence-corrected chi connectivity index (χ0v) is 9.40. The van der Waals surface area contributed by atoms with Crippen molar-refractivity contribution >= 4 is 5.78 Å². The van der Waals surface area contributed by atoms with Crippen LogP contribution >= 0.6 is 0 Å². The first kappa shape index (κ1) is 10.9. The summed E-state index contributed by atoms with van der Waals surface area (Å²) < 4.78 is 10.6. The van der Waals surface area contributed by atoms with Crippen molar-refractivity contribution in [3.8, 4) is 5.75 Å². The van der Waals surface area contributed by atoms with Crippen molar-refractivity contribution in [3.63, 3.8) is 0 Å². The molecule has 3 nitrogen and oxygen atoms in total. The first-order chi connectivity index (χ1) is 7.70. The normalized spacial score (nSPS) is 19.4. The summed E-state index contributed by atoms with van der Waals surface area (Å²) in [7, 11) is 1.63. The maximum atomic E-state index is 11.2. The Morgan fingerprint density at radius 1 is 1.38 bits per heavy atom. The first-order valence-corrected chi connectivity index (χ1v) is 5.18. The number of methoxy groups -OCH3 is 1. The molecule has 1 aromatic carbocycles.